The maximum absolute atomic E-state index is 11.8. The highest BCUT2D eigenvalue weighted by Gasteiger charge is 2.11. The molecule has 0 aliphatic carbocycles. The zero-order chi connectivity index (χ0) is 12.3. The second-order valence-corrected chi connectivity index (χ2v) is 3.57. The van der Waals surface area contributed by atoms with E-state index < -0.39 is 5.91 Å². The summed E-state index contributed by atoms with van der Waals surface area (Å²) in [5.41, 5.74) is 1.16. The molecule has 0 aliphatic rings. The first-order valence-corrected chi connectivity index (χ1v) is 5.04. The van der Waals surface area contributed by atoms with Gasteiger partial charge in [0.2, 0.25) is 0 Å². The Morgan fingerprint density at radius 3 is 2.88 bits per heavy atom. The van der Waals surface area contributed by atoms with Crippen LogP contribution in [-0.4, -0.2) is 21.0 Å². The van der Waals surface area contributed by atoms with Crippen molar-refractivity contribution >= 4 is 11.7 Å². The van der Waals surface area contributed by atoms with Crippen molar-refractivity contribution in [3.63, 3.8) is 0 Å². The minimum Gasteiger partial charge on any atom is -0.505 e. The molecule has 0 saturated heterocycles. The highest BCUT2D eigenvalue weighted by atomic mass is 16.3. The van der Waals surface area contributed by atoms with Crippen LogP contribution in [-0.2, 0) is 0 Å². The third-order valence-electron chi connectivity index (χ3n) is 2.20. The molecule has 5 heteroatoms. The fourth-order valence-electron chi connectivity index (χ4n) is 1.37. The van der Waals surface area contributed by atoms with Crippen LogP contribution in [0.5, 0.6) is 5.75 Å². The fraction of sp³-hybridized carbons (Fsp3) is 0.0833. The van der Waals surface area contributed by atoms with Crippen molar-refractivity contribution in [1.29, 1.82) is 0 Å². The maximum Gasteiger partial charge on any atom is 0.260 e. The molecule has 2 heterocycles. The van der Waals surface area contributed by atoms with Crippen LogP contribution in [0.4, 0.5) is 5.82 Å². The standard InChI is InChI=1S/C12H11N3O2/c1-8-2-5-14-11(6-8)15-12(17)9-3-4-13-7-10(9)16/h2-7,16H,1H3,(H,14,15,17). The van der Waals surface area contributed by atoms with Gasteiger partial charge in [0.05, 0.1) is 11.8 Å². The molecule has 1 amide bonds. The molecule has 0 aliphatic heterocycles. The van der Waals surface area contributed by atoms with Crippen molar-refractivity contribution < 1.29 is 9.90 Å². The summed E-state index contributed by atoms with van der Waals surface area (Å²) in [7, 11) is 0. The highest BCUT2D eigenvalue weighted by Crippen LogP contribution is 2.15. The number of anilines is 1. The van der Waals surface area contributed by atoms with Crippen LogP contribution in [0.3, 0.4) is 0 Å². The van der Waals surface area contributed by atoms with E-state index >= 15 is 0 Å². The van der Waals surface area contributed by atoms with E-state index in [1.165, 1.54) is 18.5 Å². The molecule has 17 heavy (non-hydrogen) atoms. The van der Waals surface area contributed by atoms with Gasteiger partial charge in [0, 0.05) is 12.4 Å². The number of aromatic nitrogens is 2. The monoisotopic (exact) mass is 229 g/mol. The van der Waals surface area contributed by atoms with Crippen LogP contribution >= 0.6 is 0 Å². The molecule has 2 aromatic rings. The number of nitrogens with one attached hydrogen (secondary N) is 1. The van der Waals surface area contributed by atoms with Gasteiger partial charge in [0.15, 0.2) is 0 Å². The third-order valence-corrected chi connectivity index (χ3v) is 2.20. The average molecular weight is 229 g/mol. The summed E-state index contributed by atoms with van der Waals surface area (Å²) in [6.45, 7) is 1.90. The second kappa shape index (κ2) is 4.61. The van der Waals surface area contributed by atoms with Gasteiger partial charge in [-0.25, -0.2) is 4.98 Å². The van der Waals surface area contributed by atoms with E-state index in [9.17, 15) is 9.90 Å². The van der Waals surface area contributed by atoms with Crippen molar-refractivity contribution in [3.05, 3.63) is 47.9 Å². The minimum atomic E-state index is -0.414. The first-order valence-electron chi connectivity index (χ1n) is 5.04. The summed E-state index contributed by atoms with van der Waals surface area (Å²) < 4.78 is 0. The number of pyridine rings is 2. The zero-order valence-electron chi connectivity index (χ0n) is 9.21. The number of amides is 1. The molecule has 86 valence electrons. The Balaban J connectivity index is 2.20. The molecule has 0 radical (unpaired) electrons. The predicted molar refractivity (Wildman–Crippen MR) is 62.8 cm³/mol. The Hall–Kier alpha value is -2.43. The van der Waals surface area contributed by atoms with Gasteiger partial charge in [-0.3, -0.25) is 9.78 Å². The van der Waals surface area contributed by atoms with Gasteiger partial charge in [-0.1, -0.05) is 0 Å². The van der Waals surface area contributed by atoms with Crippen LogP contribution < -0.4 is 5.32 Å². The number of hydrogen-bond acceptors (Lipinski definition) is 4. The lowest BCUT2D eigenvalue weighted by Gasteiger charge is -2.05. The minimum absolute atomic E-state index is 0.155. The van der Waals surface area contributed by atoms with E-state index in [4.69, 9.17) is 0 Å². The number of rotatable bonds is 2. The maximum atomic E-state index is 11.8. The van der Waals surface area contributed by atoms with Crippen LogP contribution in [0.2, 0.25) is 0 Å². The molecule has 0 bridgehead atoms. The van der Waals surface area contributed by atoms with Gasteiger partial charge in [0.25, 0.3) is 5.91 Å². The summed E-state index contributed by atoms with van der Waals surface area (Å²) in [5, 5.41) is 12.1. The molecule has 0 atom stereocenters. The Labute approximate surface area is 98.2 Å². The fourth-order valence-corrected chi connectivity index (χ4v) is 1.37. The van der Waals surface area contributed by atoms with Gasteiger partial charge in [-0.15, -0.1) is 0 Å². The van der Waals surface area contributed by atoms with E-state index in [2.05, 4.69) is 15.3 Å². The smallest absolute Gasteiger partial charge is 0.260 e. The van der Waals surface area contributed by atoms with Crippen molar-refractivity contribution in [2.75, 3.05) is 5.32 Å². The number of carbonyl (C=O) groups is 1. The zero-order valence-corrected chi connectivity index (χ0v) is 9.21. The van der Waals surface area contributed by atoms with Crippen molar-refractivity contribution in [3.8, 4) is 5.75 Å². The molecule has 0 fully saturated rings. The molecule has 0 saturated carbocycles. The first kappa shape index (κ1) is 11.1. The molecular formula is C12H11N3O2. The Kier molecular flexibility index (Phi) is 3.00. The summed E-state index contributed by atoms with van der Waals surface area (Å²) in [4.78, 5) is 19.5. The van der Waals surface area contributed by atoms with Crippen LogP contribution in [0.1, 0.15) is 15.9 Å². The van der Waals surface area contributed by atoms with Crippen molar-refractivity contribution in [1.82, 2.24) is 9.97 Å². The quantitative estimate of drug-likeness (QED) is 0.822. The summed E-state index contributed by atoms with van der Waals surface area (Å²) in [6, 6.07) is 5.02. The summed E-state index contributed by atoms with van der Waals surface area (Å²) in [5.74, 6) is -0.119. The lowest BCUT2D eigenvalue weighted by Crippen LogP contribution is -2.13. The van der Waals surface area contributed by atoms with Crippen LogP contribution in [0, 0.1) is 6.92 Å². The molecule has 0 unspecified atom stereocenters. The third kappa shape index (κ3) is 2.57. The van der Waals surface area contributed by atoms with Gasteiger partial charge < -0.3 is 10.4 Å². The van der Waals surface area contributed by atoms with E-state index in [-0.39, 0.29) is 11.3 Å². The normalized spacial score (nSPS) is 9.94. The lowest BCUT2D eigenvalue weighted by atomic mass is 10.2. The van der Waals surface area contributed by atoms with E-state index in [0.717, 1.165) is 5.56 Å². The van der Waals surface area contributed by atoms with E-state index in [1.807, 2.05) is 13.0 Å². The molecule has 5 nitrogen and oxygen atoms in total. The second-order valence-electron chi connectivity index (χ2n) is 3.57. The molecular weight excluding hydrogens is 218 g/mol. The lowest BCUT2D eigenvalue weighted by molar-refractivity contribution is 0.102. The number of aryl methyl sites for hydroxylation is 1. The predicted octanol–water partition coefficient (Wildman–Crippen LogP) is 1.74. The first-order chi connectivity index (χ1) is 8.16. The number of carbonyl (C=O) groups excluding carboxylic acids is 1. The SMILES string of the molecule is Cc1ccnc(NC(=O)c2ccncc2O)c1. The molecule has 2 rings (SSSR count). The Morgan fingerprint density at radius 1 is 1.35 bits per heavy atom. The Morgan fingerprint density at radius 2 is 2.18 bits per heavy atom. The largest absolute Gasteiger partial charge is 0.505 e. The van der Waals surface area contributed by atoms with Crippen molar-refractivity contribution in [2.24, 2.45) is 0 Å². The molecule has 2 N–H and O–H groups in total. The van der Waals surface area contributed by atoms with Crippen LogP contribution in [0.15, 0.2) is 36.8 Å². The summed E-state index contributed by atoms with van der Waals surface area (Å²) in [6.07, 6.45) is 4.27. The average Bonchev–Trinajstić information content (AvgIpc) is 2.29. The van der Waals surface area contributed by atoms with Gasteiger partial charge in [-0.05, 0) is 30.7 Å². The van der Waals surface area contributed by atoms with E-state index in [1.54, 1.807) is 12.3 Å². The highest BCUT2D eigenvalue weighted by molar-refractivity contribution is 6.05. The number of nitrogens with zero attached hydrogens (tertiary/aromatic N) is 2. The Bertz CT molecular complexity index is 555. The van der Waals surface area contributed by atoms with Gasteiger partial charge in [-0.2, -0.15) is 0 Å². The van der Waals surface area contributed by atoms with E-state index in [0.29, 0.717) is 5.82 Å². The van der Waals surface area contributed by atoms with Gasteiger partial charge >= 0.3 is 0 Å². The topological polar surface area (TPSA) is 75.1 Å². The molecule has 0 aromatic carbocycles. The van der Waals surface area contributed by atoms with Gasteiger partial charge in [0.1, 0.15) is 11.6 Å². The molecule has 0 spiro atoms. The van der Waals surface area contributed by atoms with Crippen LogP contribution in [0.25, 0.3) is 0 Å². The number of aromatic hydroxyl groups is 1. The molecule has 2 aromatic heterocycles. The number of hydrogen-bond donors (Lipinski definition) is 2. The summed E-state index contributed by atoms with van der Waals surface area (Å²) >= 11 is 0. The van der Waals surface area contributed by atoms with Crippen molar-refractivity contribution in [2.45, 2.75) is 6.92 Å².